The highest BCUT2D eigenvalue weighted by Gasteiger charge is 2.62. The lowest BCUT2D eigenvalue weighted by molar-refractivity contribution is -0.170. The molecule has 1 aromatic rings. The Hall–Kier alpha value is -1.79. The monoisotopic (exact) mass is 350 g/mol. The predicted molar refractivity (Wildman–Crippen MR) is 96.7 cm³/mol. The van der Waals surface area contributed by atoms with Crippen LogP contribution >= 0.6 is 0 Å². The van der Waals surface area contributed by atoms with Gasteiger partial charge >= 0.3 is 0 Å². The summed E-state index contributed by atoms with van der Waals surface area (Å²) in [5, 5.41) is 2.95. The molecule has 0 bridgehead atoms. The van der Waals surface area contributed by atoms with E-state index in [4.69, 9.17) is 19.9 Å². The van der Waals surface area contributed by atoms with Gasteiger partial charge in [-0.05, 0) is 31.5 Å². The molecule has 1 saturated carbocycles. The third-order valence-corrected chi connectivity index (χ3v) is 5.22. The molecule has 1 aromatic carbocycles. The zero-order chi connectivity index (χ0) is 18.7. The summed E-state index contributed by atoms with van der Waals surface area (Å²) in [7, 11) is 1.60. The normalized spacial score (nSPS) is 24.3. The van der Waals surface area contributed by atoms with E-state index in [1.54, 1.807) is 7.11 Å². The van der Waals surface area contributed by atoms with Gasteiger partial charge in [-0.25, -0.2) is 0 Å². The maximum absolute atomic E-state index is 12.7. The molecule has 6 heteroatoms. The molecule has 1 aliphatic rings. The molecule has 0 saturated heterocycles. The van der Waals surface area contributed by atoms with Crippen molar-refractivity contribution in [3.05, 3.63) is 23.8 Å². The van der Waals surface area contributed by atoms with Crippen molar-refractivity contribution in [1.29, 1.82) is 0 Å². The Morgan fingerprint density at radius 1 is 1.28 bits per heavy atom. The van der Waals surface area contributed by atoms with Gasteiger partial charge in [0.2, 0.25) is 5.91 Å². The van der Waals surface area contributed by atoms with E-state index in [9.17, 15) is 4.79 Å². The Kier molecular flexibility index (Phi) is 5.95. The second-order valence-electron chi connectivity index (χ2n) is 6.94. The van der Waals surface area contributed by atoms with Gasteiger partial charge in [0.05, 0.1) is 19.8 Å². The maximum Gasteiger partial charge on any atom is 0.241 e. The van der Waals surface area contributed by atoms with Crippen LogP contribution in [0, 0.1) is 5.41 Å². The van der Waals surface area contributed by atoms with Crippen molar-refractivity contribution in [2.75, 3.05) is 20.3 Å². The number of ether oxygens (including phenoxy) is 3. The first-order chi connectivity index (χ1) is 11.8. The second kappa shape index (κ2) is 7.62. The number of methoxy groups -OCH3 is 1. The summed E-state index contributed by atoms with van der Waals surface area (Å²) >= 11 is 0. The van der Waals surface area contributed by atoms with E-state index in [1.807, 2.05) is 45.9 Å². The average Bonchev–Trinajstić information content (AvgIpc) is 2.59. The van der Waals surface area contributed by atoms with Crippen LogP contribution < -0.4 is 20.5 Å². The highest BCUT2D eigenvalue weighted by atomic mass is 16.5. The van der Waals surface area contributed by atoms with Crippen LogP contribution in [-0.4, -0.2) is 37.9 Å². The highest BCUT2D eigenvalue weighted by Crippen LogP contribution is 2.49. The summed E-state index contributed by atoms with van der Waals surface area (Å²) < 4.78 is 16.5. The van der Waals surface area contributed by atoms with Crippen molar-refractivity contribution in [3.8, 4) is 11.5 Å². The van der Waals surface area contributed by atoms with Crippen molar-refractivity contribution >= 4 is 5.91 Å². The molecule has 25 heavy (non-hydrogen) atoms. The van der Waals surface area contributed by atoms with Crippen LogP contribution in [-0.2, 0) is 16.1 Å². The Bertz CT molecular complexity index is 617. The third kappa shape index (κ3) is 3.60. The molecule has 0 heterocycles. The van der Waals surface area contributed by atoms with Gasteiger partial charge in [-0.3, -0.25) is 4.79 Å². The van der Waals surface area contributed by atoms with Gasteiger partial charge in [0.15, 0.2) is 11.5 Å². The second-order valence-corrected chi connectivity index (χ2v) is 6.94. The summed E-state index contributed by atoms with van der Waals surface area (Å²) in [6.07, 6.45) is 0.547. The van der Waals surface area contributed by atoms with E-state index in [1.165, 1.54) is 0 Å². The van der Waals surface area contributed by atoms with Gasteiger partial charge in [-0.15, -0.1) is 0 Å². The molecule has 2 atom stereocenters. The number of benzene rings is 1. The topological polar surface area (TPSA) is 82.8 Å². The number of nitrogens with one attached hydrogen (secondary N) is 1. The summed E-state index contributed by atoms with van der Waals surface area (Å²) in [4.78, 5) is 12.7. The standard InChI is InChI=1S/C19H30N2O4/c1-6-24-15-10-13(8-9-14(15)23-5)12-21-17(22)19(20)11-16(25-7-2)18(19,3)4/h8-10,16H,6-7,11-12,20H2,1-5H3,(H,21,22). The molecule has 0 spiro atoms. The van der Waals surface area contributed by atoms with E-state index in [-0.39, 0.29) is 12.0 Å². The molecular weight excluding hydrogens is 320 g/mol. The van der Waals surface area contributed by atoms with Crippen molar-refractivity contribution in [3.63, 3.8) is 0 Å². The number of nitrogens with two attached hydrogens (primary N) is 1. The molecule has 1 aliphatic carbocycles. The van der Waals surface area contributed by atoms with Gasteiger partial charge in [-0.1, -0.05) is 19.9 Å². The van der Waals surface area contributed by atoms with Gasteiger partial charge in [0.25, 0.3) is 0 Å². The molecule has 2 unspecified atom stereocenters. The smallest absolute Gasteiger partial charge is 0.241 e. The Labute approximate surface area is 150 Å². The first kappa shape index (κ1) is 19.5. The molecule has 0 aliphatic heterocycles. The van der Waals surface area contributed by atoms with Crippen LogP contribution in [0.15, 0.2) is 18.2 Å². The van der Waals surface area contributed by atoms with Gasteiger partial charge in [0.1, 0.15) is 5.54 Å². The number of rotatable bonds is 8. The number of carbonyl (C=O) groups excluding carboxylic acids is 1. The minimum atomic E-state index is -0.915. The minimum Gasteiger partial charge on any atom is -0.493 e. The minimum absolute atomic E-state index is 0.0128. The van der Waals surface area contributed by atoms with Crippen molar-refractivity contribution in [2.45, 2.75) is 52.3 Å². The third-order valence-electron chi connectivity index (χ3n) is 5.22. The lowest BCUT2D eigenvalue weighted by Gasteiger charge is -2.57. The van der Waals surface area contributed by atoms with Crippen LogP contribution in [0.3, 0.4) is 0 Å². The summed E-state index contributed by atoms with van der Waals surface area (Å²) in [5.41, 5.74) is 6.01. The zero-order valence-electron chi connectivity index (χ0n) is 15.8. The van der Waals surface area contributed by atoms with Crippen LogP contribution in [0.5, 0.6) is 11.5 Å². The number of amides is 1. The number of hydrogen-bond donors (Lipinski definition) is 2. The van der Waals surface area contributed by atoms with Crippen molar-refractivity contribution < 1.29 is 19.0 Å². The fourth-order valence-electron chi connectivity index (χ4n) is 3.26. The molecule has 2 rings (SSSR count). The van der Waals surface area contributed by atoms with E-state index >= 15 is 0 Å². The molecule has 140 valence electrons. The summed E-state index contributed by atoms with van der Waals surface area (Å²) in [6.45, 7) is 9.39. The first-order valence-electron chi connectivity index (χ1n) is 8.78. The maximum atomic E-state index is 12.7. The van der Waals surface area contributed by atoms with Crippen molar-refractivity contribution in [1.82, 2.24) is 5.32 Å². The largest absolute Gasteiger partial charge is 0.493 e. The summed E-state index contributed by atoms with van der Waals surface area (Å²) in [6, 6.07) is 5.61. The Morgan fingerprint density at radius 3 is 2.56 bits per heavy atom. The quantitative estimate of drug-likeness (QED) is 0.751. The Balaban J connectivity index is 2.02. The number of hydrogen-bond acceptors (Lipinski definition) is 5. The SMILES string of the molecule is CCOc1cc(CNC(=O)C2(N)CC(OCC)C2(C)C)ccc1OC. The van der Waals surface area contributed by atoms with E-state index in [0.29, 0.717) is 37.7 Å². The lowest BCUT2D eigenvalue weighted by Crippen LogP contribution is -2.75. The first-order valence-corrected chi connectivity index (χ1v) is 8.78. The van der Waals surface area contributed by atoms with Gasteiger partial charge in [-0.2, -0.15) is 0 Å². The molecule has 6 nitrogen and oxygen atoms in total. The molecule has 1 amide bonds. The van der Waals surface area contributed by atoms with Gasteiger partial charge < -0.3 is 25.3 Å². The van der Waals surface area contributed by atoms with Crippen LogP contribution in [0.25, 0.3) is 0 Å². The van der Waals surface area contributed by atoms with Crippen LogP contribution in [0.4, 0.5) is 0 Å². The molecule has 0 aromatic heterocycles. The molecule has 3 N–H and O–H groups in total. The van der Waals surface area contributed by atoms with E-state index in [0.717, 1.165) is 5.56 Å². The van der Waals surface area contributed by atoms with Crippen LogP contribution in [0.2, 0.25) is 0 Å². The summed E-state index contributed by atoms with van der Waals surface area (Å²) in [5.74, 6) is 1.19. The molecular formula is C19H30N2O4. The van der Waals surface area contributed by atoms with Crippen LogP contribution in [0.1, 0.15) is 39.7 Å². The van der Waals surface area contributed by atoms with E-state index in [2.05, 4.69) is 5.32 Å². The average molecular weight is 350 g/mol. The zero-order valence-corrected chi connectivity index (χ0v) is 15.8. The fourth-order valence-corrected chi connectivity index (χ4v) is 3.26. The lowest BCUT2D eigenvalue weighted by atomic mass is 9.54. The molecule has 0 radical (unpaired) electrons. The Morgan fingerprint density at radius 2 is 2.00 bits per heavy atom. The van der Waals surface area contributed by atoms with E-state index < -0.39 is 11.0 Å². The highest BCUT2D eigenvalue weighted by molar-refractivity contribution is 5.88. The predicted octanol–water partition coefficient (Wildman–Crippen LogP) is 2.24. The van der Waals surface area contributed by atoms with Crippen molar-refractivity contribution in [2.24, 2.45) is 11.1 Å². The molecule has 1 fully saturated rings. The van der Waals surface area contributed by atoms with Gasteiger partial charge in [0, 0.05) is 25.0 Å². The number of carbonyl (C=O) groups is 1. The fraction of sp³-hybridized carbons (Fsp3) is 0.632.